The molecule has 1 saturated carbocycles. The maximum absolute atomic E-state index is 12.4. The molecule has 20 heavy (non-hydrogen) atoms. The van der Waals surface area contributed by atoms with E-state index in [1.165, 1.54) is 0 Å². The number of benzene rings is 1. The van der Waals surface area contributed by atoms with Gasteiger partial charge >= 0.3 is 5.97 Å². The average Bonchev–Trinajstić information content (AvgIpc) is 3.19. The van der Waals surface area contributed by atoms with Gasteiger partial charge in [0.1, 0.15) is 11.3 Å². The van der Waals surface area contributed by atoms with Crippen LogP contribution in [0.1, 0.15) is 33.6 Å². The Morgan fingerprint density at radius 1 is 1.40 bits per heavy atom. The molecule has 0 heterocycles. The highest BCUT2D eigenvalue weighted by Gasteiger charge is 2.58. The van der Waals surface area contributed by atoms with Crippen molar-refractivity contribution in [2.24, 2.45) is 5.41 Å². The van der Waals surface area contributed by atoms with Crippen molar-refractivity contribution in [3.05, 3.63) is 24.3 Å². The molecule has 4 nitrogen and oxygen atoms in total. The first-order valence-electron chi connectivity index (χ1n) is 7.05. The maximum atomic E-state index is 12.4. The highest BCUT2D eigenvalue weighted by molar-refractivity contribution is 5.86. The second-order valence-electron chi connectivity index (χ2n) is 5.73. The summed E-state index contributed by atoms with van der Waals surface area (Å²) in [5.74, 6) is 0.526. The second-order valence-corrected chi connectivity index (χ2v) is 5.73. The Morgan fingerprint density at radius 3 is 2.60 bits per heavy atom. The SMILES string of the molecule is CCOC(=O)C(C)(Nc1ccccc1OC)C1(C)CC1. The summed E-state index contributed by atoms with van der Waals surface area (Å²) in [6, 6.07) is 7.63. The zero-order valence-electron chi connectivity index (χ0n) is 12.7. The summed E-state index contributed by atoms with van der Waals surface area (Å²) in [6.07, 6.45) is 2.04. The van der Waals surface area contributed by atoms with Crippen molar-refractivity contribution < 1.29 is 14.3 Å². The van der Waals surface area contributed by atoms with Gasteiger partial charge in [0.2, 0.25) is 0 Å². The van der Waals surface area contributed by atoms with E-state index in [1.54, 1.807) is 7.11 Å². The predicted molar refractivity (Wildman–Crippen MR) is 79.0 cm³/mol. The standard InChI is InChI=1S/C16H23NO3/c1-5-20-14(18)16(3,15(2)10-11-15)17-12-8-6-7-9-13(12)19-4/h6-9,17H,5,10-11H2,1-4H3. The minimum atomic E-state index is -0.738. The molecule has 1 aromatic carbocycles. The Kier molecular flexibility index (Phi) is 3.93. The number of methoxy groups -OCH3 is 1. The first-order chi connectivity index (χ1) is 9.47. The van der Waals surface area contributed by atoms with Crippen LogP contribution < -0.4 is 10.1 Å². The molecule has 2 rings (SSSR count). The Hall–Kier alpha value is -1.71. The molecule has 0 aliphatic heterocycles. The number of nitrogens with one attached hydrogen (secondary N) is 1. The van der Waals surface area contributed by atoms with Gasteiger partial charge in [0, 0.05) is 5.41 Å². The summed E-state index contributed by atoms with van der Waals surface area (Å²) in [6.45, 7) is 6.26. The molecule has 1 aromatic rings. The van der Waals surface area contributed by atoms with Crippen molar-refractivity contribution in [2.45, 2.75) is 39.2 Å². The zero-order valence-corrected chi connectivity index (χ0v) is 12.7. The summed E-state index contributed by atoms with van der Waals surface area (Å²) in [4.78, 5) is 12.4. The van der Waals surface area contributed by atoms with E-state index in [4.69, 9.17) is 9.47 Å². The number of para-hydroxylation sites is 2. The van der Waals surface area contributed by atoms with E-state index < -0.39 is 5.54 Å². The summed E-state index contributed by atoms with van der Waals surface area (Å²) >= 11 is 0. The molecule has 1 atom stereocenters. The fourth-order valence-electron chi connectivity index (χ4n) is 2.43. The van der Waals surface area contributed by atoms with Crippen LogP contribution in [0.4, 0.5) is 5.69 Å². The topological polar surface area (TPSA) is 47.6 Å². The summed E-state index contributed by atoms with van der Waals surface area (Å²) in [5, 5.41) is 3.36. The van der Waals surface area contributed by atoms with Gasteiger partial charge in [0.05, 0.1) is 19.4 Å². The van der Waals surface area contributed by atoms with Crippen molar-refractivity contribution in [2.75, 3.05) is 19.0 Å². The van der Waals surface area contributed by atoms with Gasteiger partial charge < -0.3 is 14.8 Å². The number of carbonyl (C=O) groups is 1. The Balaban J connectivity index is 2.31. The van der Waals surface area contributed by atoms with E-state index in [0.29, 0.717) is 6.61 Å². The number of hydrogen-bond acceptors (Lipinski definition) is 4. The lowest BCUT2D eigenvalue weighted by molar-refractivity contribution is -0.150. The van der Waals surface area contributed by atoms with Gasteiger partial charge in [-0.25, -0.2) is 4.79 Å². The molecular formula is C16H23NO3. The number of anilines is 1. The van der Waals surface area contributed by atoms with Crippen LogP contribution in [0.25, 0.3) is 0 Å². The van der Waals surface area contributed by atoms with Crippen molar-refractivity contribution in [3.8, 4) is 5.75 Å². The first-order valence-corrected chi connectivity index (χ1v) is 7.05. The summed E-state index contributed by atoms with van der Waals surface area (Å²) in [5.41, 5.74) is 0.0104. The molecular weight excluding hydrogens is 254 g/mol. The zero-order chi connectivity index (χ0) is 14.8. The average molecular weight is 277 g/mol. The third-order valence-corrected chi connectivity index (χ3v) is 4.38. The Bertz CT molecular complexity index is 496. The van der Waals surface area contributed by atoms with Crippen LogP contribution >= 0.6 is 0 Å². The largest absolute Gasteiger partial charge is 0.495 e. The molecule has 1 unspecified atom stereocenters. The van der Waals surface area contributed by atoms with Crippen LogP contribution in [-0.4, -0.2) is 25.2 Å². The fraction of sp³-hybridized carbons (Fsp3) is 0.562. The molecule has 1 aliphatic carbocycles. The highest BCUT2D eigenvalue weighted by atomic mass is 16.5. The van der Waals surface area contributed by atoms with Crippen molar-refractivity contribution in [1.29, 1.82) is 0 Å². The van der Waals surface area contributed by atoms with E-state index in [9.17, 15) is 4.79 Å². The third-order valence-electron chi connectivity index (χ3n) is 4.38. The van der Waals surface area contributed by atoms with Gasteiger partial charge in [0.25, 0.3) is 0 Å². The van der Waals surface area contributed by atoms with E-state index >= 15 is 0 Å². The van der Waals surface area contributed by atoms with Gasteiger partial charge in [-0.3, -0.25) is 0 Å². The molecule has 0 aromatic heterocycles. The lowest BCUT2D eigenvalue weighted by Crippen LogP contribution is -2.51. The van der Waals surface area contributed by atoms with Crippen LogP contribution in [0.5, 0.6) is 5.75 Å². The van der Waals surface area contributed by atoms with E-state index in [2.05, 4.69) is 12.2 Å². The molecule has 0 amide bonds. The van der Waals surface area contributed by atoms with Gasteiger partial charge in [-0.2, -0.15) is 0 Å². The first kappa shape index (κ1) is 14.7. The smallest absolute Gasteiger partial charge is 0.332 e. The maximum Gasteiger partial charge on any atom is 0.332 e. The highest BCUT2D eigenvalue weighted by Crippen LogP contribution is 2.55. The van der Waals surface area contributed by atoms with E-state index in [1.807, 2.05) is 38.1 Å². The third kappa shape index (κ3) is 2.47. The Labute approximate surface area is 120 Å². The van der Waals surface area contributed by atoms with Crippen molar-refractivity contribution >= 4 is 11.7 Å². The van der Waals surface area contributed by atoms with Gasteiger partial charge in [0.15, 0.2) is 0 Å². The molecule has 0 saturated heterocycles. The second kappa shape index (κ2) is 5.35. The molecule has 0 bridgehead atoms. The number of esters is 1. The van der Waals surface area contributed by atoms with Crippen molar-refractivity contribution in [1.82, 2.24) is 0 Å². The quantitative estimate of drug-likeness (QED) is 0.811. The van der Waals surface area contributed by atoms with Gasteiger partial charge in [-0.05, 0) is 38.8 Å². The number of hydrogen-bond donors (Lipinski definition) is 1. The molecule has 1 fully saturated rings. The van der Waals surface area contributed by atoms with Crippen LogP contribution in [0.2, 0.25) is 0 Å². The monoisotopic (exact) mass is 277 g/mol. The van der Waals surface area contributed by atoms with Crippen LogP contribution in [0, 0.1) is 5.41 Å². The van der Waals surface area contributed by atoms with Crippen LogP contribution in [0.3, 0.4) is 0 Å². The lowest BCUT2D eigenvalue weighted by Gasteiger charge is -2.35. The summed E-state index contributed by atoms with van der Waals surface area (Å²) in [7, 11) is 1.63. The minimum Gasteiger partial charge on any atom is -0.495 e. The molecule has 4 heteroatoms. The number of carbonyl (C=O) groups excluding carboxylic acids is 1. The fourth-order valence-corrected chi connectivity index (χ4v) is 2.43. The van der Waals surface area contributed by atoms with E-state index in [0.717, 1.165) is 24.3 Å². The number of rotatable bonds is 6. The van der Waals surface area contributed by atoms with Crippen LogP contribution in [0.15, 0.2) is 24.3 Å². The van der Waals surface area contributed by atoms with Crippen molar-refractivity contribution in [3.63, 3.8) is 0 Å². The molecule has 110 valence electrons. The van der Waals surface area contributed by atoms with Gasteiger partial charge in [-0.15, -0.1) is 0 Å². The lowest BCUT2D eigenvalue weighted by atomic mass is 9.83. The molecule has 0 radical (unpaired) electrons. The molecule has 1 aliphatic rings. The molecule has 1 N–H and O–H groups in total. The van der Waals surface area contributed by atoms with Gasteiger partial charge in [-0.1, -0.05) is 19.1 Å². The van der Waals surface area contributed by atoms with Crippen LogP contribution in [-0.2, 0) is 9.53 Å². The normalized spacial score (nSPS) is 18.8. The minimum absolute atomic E-state index is 0.0693. The summed E-state index contributed by atoms with van der Waals surface area (Å²) < 4.78 is 10.6. The Morgan fingerprint density at radius 2 is 2.05 bits per heavy atom. The predicted octanol–water partition coefficient (Wildman–Crippen LogP) is 3.23. The number of ether oxygens (including phenoxy) is 2. The molecule has 0 spiro atoms. The van der Waals surface area contributed by atoms with E-state index in [-0.39, 0.29) is 11.4 Å².